The molecule has 0 N–H and O–H groups in total. The Bertz CT molecular complexity index is 568. The summed E-state index contributed by atoms with van der Waals surface area (Å²) in [4.78, 5) is 30.3. The van der Waals surface area contributed by atoms with E-state index in [1.54, 1.807) is 18.9 Å². The van der Waals surface area contributed by atoms with Gasteiger partial charge in [0.25, 0.3) is 11.5 Å². The average molecular weight is 293 g/mol. The van der Waals surface area contributed by atoms with Crippen LogP contribution in [0, 0.1) is 0 Å². The Kier molecular flexibility index (Phi) is 5.12. The number of unbranched alkanes of at least 4 members (excludes halogenated alkanes) is 1. The molecular formula is C15H23N3O3. The third kappa shape index (κ3) is 3.50. The third-order valence-corrected chi connectivity index (χ3v) is 3.81. The van der Waals surface area contributed by atoms with Gasteiger partial charge >= 0.3 is 0 Å². The monoisotopic (exact) mass is 293 g/mol. The summed E-state index contributed by atoms with van der Waals surface area (Å²) in [5, 5.41) is 0. The van der Waals surface area contributed by atoms with Gasteiger partial charge in [0.1, 0.15) is 6.10 Å². The largest absolute Gasteiger partial charge is 0.369 e. The van der Waals surface area contributed by atoms with E-state index in [0.29, 0.717) is 31.8 Å². The van der Waals surface area contributed by atoms with Gasteiger partial charge < -0.3 is 14.2 Å². The molecule has 1 atom stereocenters. The van der Waals surface area contributed by atoms with Crippen LogP contribution in [0.3, 0.4) is 0 Å². The second-order valence-electron chi connectivity index (χ2n) is 5.46. The molecule has 1 amide bonds. The van der Waals surface area contributed by atoms with Crippen LogP contribution in [0.1, 0.15) is 37.9 Å². The summed E-state index contributed by atoms with van der Waals surface area (Å²) < 4.78 is 7.03. The second-order valence-corrected chi connectivity index (χ2v) is 5.46. The number of hydrogen-bond donors (Lipinski definition) is 0. The Morgan fingerprint density at radius 3 is 3.00 bits per heavy atom. The van der Waals surface area contributed by atoms with Crippen molar-refractivity contribution in [1.29, 1.82) is 0 Å². The standard InChI is InChI=1S/C15H23N3O3/c1-4-5-8-21-11(2)14(19)18-7-6-12-13(9-18)16-10-17(3)15(12)20/h10-11H,4-9H2,1-3H3. The van der Waals surface area contributed by atoms with Crippen molar-refractivity contribution in [3.05, 3.63) is 27.9 Å². The van der Waals surface area contributed by atoms with E-state index in [4.69, 9.17) is 4.74 Å². The van der Waals surface area contributed by atoms with Gasteiger partial charge in [-0.1, -0.05) is 13.3 Å². The molecule has 21 heavy (non-hydrogen) atoms. The smallest absolute Gasteiger partial charge is 0.256 e. The summed E-state index contributed by atoms with van der Waals surface area (Å²) in [5.74, 6) is -0.0285. The summed E-state index contributed by atoms with van der Waals surface area (Å²) in [6, 6.07) is 0. The molecule has 1 aromatic heterocycles. The molecule has 6 nitrogen and oxygen atoms in total. The molecule has 1 aromatic rings. The van der Waals surface area contributed by atoms with Gasteiger partial charge in [0, 0.05) is 25.8 Å². The van der Waals surface area contributed by atoms with Gasteiger partial charge in [-0.3, -0.25) is 9.59 Å². The lowest BCUT2D eigenvalue weighted by molar-refractivity contribution is -0.143. The molecule has 0 spiro atoms. The van der Waals surface area contributed by atoms with Gasteiger partial charge in [0.2, 0.25) is 0 Å². The molecule has 1 aliphatic rings. The van der Waals surface area contributed by atoms with Crippen molar-refractivity contribution in [3.8, 4) is 0 Å². The first-order valence-corrected chi connectivity index (χ1v) is 7.48. The van der Waals surface area contributed by atoms with Gasteiger partial charge in [0.15, 0.2) is 0 Å². The highest BCUT2D eigenvalue weighted by Gasteiger charge is 2.27. The zero-order valence-corrected chi connectivity index (χ0v) is 13.0. The number of hydrogen-bond acceptors (Lipinski definition) is 4. The van der Waals surface area contributed by atoms with E-state index in [1.165, 1.54) is 10.9 Å². The molecule has 0 aliphatic carbocycles. The lowest BCUT2D eigenvalue weighted by atomic mass is 10.1. The Labute approximate surface area is 124 Å². The van der Waals surface area contributed by atoms with Gasteiger partial charge in [-0.2, -0.15) is 0 Å². The van der Waals surface area contributed by atoms with Crippen LogP contribution in [-0.2, 0) is 29.5 Å². The molecule has 1 unspecified atom stereocenters. The Hall–Kier alpha value is -1.69. The molecule has 0 radical (unpaired) electrons. The highest BCUT2D eigenvalue weighted by Crippen LogP contribution is 2.15. The number of aromatic nitrogens is 2. The zero-order valence-electron chi connectivity index (χ0n) is 13.0. The average Bonchev–Trinajstić information content (AvgIpc) is 2.50. The number of ether oxygens (including phenoxy) is 1. The number of carbonyl (C=O) groups excluding carboxylic acids is 1. The molecule has 2 heterocycles. The predicted octanol–water partition coefficient (Wildman–Crippen LogP) is 0.870. The first kappa shape index (κ1) is 15.7. The zero-order chi connectivity index (χ0) is 15.4. The SMILES string of the molecule is CCCCOC(C)C(=O)N1CCc2c(ncn(C)c2=O)C1. The van der Waals surface area contributed by atoms with E-state index < -0.39 is 6.10 Å². The van der Waals surface area contributed by atoms with Gasteiger partial charge in [0.05, 0.1) is 18.6 Å². The van der Waals surface area contributed by atoms with Crippen LogP contribution in [0.15, 0.2) is 11.1 Å². The van der Waals surface area contributed by atoms with E-state index in [2.05, 4.69) is 11.9 Å². The number of nitrogens with zero attached hydrogens (tertiary/aromatic N) is 3. The Balaban J connectivity index is 2.02. The van der Waals surface area contributed by atoms with Crippen LogP contribution < -0.4 is 5.56 Å². The number of carbonyl (C=O) groups is 1. The maximum atomic E-state index is 12.3. The highest BCUT2D eigenvalue weighted by atomic mass is 16.5. The fraction of sp³-hybridized carbons (Fsp3) is 0.667. The van der Waals surface area contributed by atoms with E-state index in [0.717, 1.165) is 18.4 Å². The molecule has 2 rings (SSSR count). The number of aryl methyl sites for hydroxylation is 1. The van der Waals surface area contributed by atoms with Crippen molar-refractivity contribution in [2.75, 3.05) is 13.2 Å². The molecule has 1 aliphatic heterocycles. The van der Waals surface area contributed by atoms with Crippen LogP contribution in [0.4, 0.5) is 0 Å². The quantitative estimate of drug-likeness (QED) is 0.756. The second kappa shape index (κ2) is 6.85. The molecule has 0 saturated carbocycles. The minimum Gasteiger partial charge on any atom is -0.369 e. The normalized spacial score (nSPS) is 15.7. The maximum Gasteiger partial charge on any atom is 0.256 e. The van der Waals surface area contributed by atoms with Crippen molar-refractivity contribution in [2.45, 2.75) is 45.8 Å². The third-order valence-electron chi connectivity index (χ3n) is 3.81. The minimum absolute atomic E-state index is 0.0145. The molecule has 0 fully saturated rings. The number of rotatable bonds is 5. The molecular weight excluding hydrogens is 270 g/mol. The van der Waals surface area contributed by atoms with Crippen LogP contribution in [0.5, 0.6) is 0 Å². The van der Waals surface area contributed by atoms with Gasteiger partial charge in [-0.25, -0.2) is 4.98 Å². The lowest BCUT2D eigenvalue weighted by Crippen LogP contribution is -2.44. The van der Waals surface area contributed by atoms with E-state index in [-0.39, 0.29) is 11.5 Å². The molecule has 0 saturated heterocycles. The predicted molar refractivity (Wildman–Crippen MR) is 78.9 cm³/mol. The Morgan fingerprint density at radius 1 is 1.52 bits per heavy atom. The van der Waals surface area contributed by atoms with Gasteiger partial charge in [-0.15, -0.1) is 0 Å². The number of fused-ring (bicyclic) bond motifs is 1. The summed E-state index contributed by atoms with van der Waals surface area (Å²) in [5.41, 5.74) is 1.42. The van der Waals surface area contributed by atoms with Crippen LogP contribution in [-0.4, -0.2) is 39.6 Å². The topological polar surface area (TPSA) is 64.4 Å². The van der Waals surface area contributed by atoms with Crippen molar-refractivity contribution >= 4 is 5.91 Å². The molecule has 0 aromatic carbocycles. The van der Waals surface area contributed by atoms with Crippen LogP contribution in [0.25, 0.3) is 0 Å². The minimum atomic E-state index is -0.440. The highest BCUT2D eigenvalue weighted by molar-refractivity contribution is 5.80. The van der Waals surface area contributed by atoms with E-state index in [9.17, 15) is 9.59 Å². The maximum absolute atomic E-state index is 12.3. The summed E-state index contributed by atoms with van der Waals surface area (Å²) in [6.07, 6.45) is 3.63. The summed E-state index contributed by atoms with van der Waals surface area (Å²) in [6.45, 7) is 5.42. The fourth-order valence-electron chi connectivity index (χ4n) is 2.44. The first-order valence-electron chi connectivity index (χ1n) is 7.48. The van der Waals surface area contributed by atoms with Crippen molar-refractivity contribution < 1.29 is 9.53 Å². The van der Waals surface area contributed by atoms with Gasteiger partial charge in [-0.05, 0) is 19.8 Å². The molecule has 6 heteroatoms. The van der Waals surface area contributed by atoms with Crippen LogP contribution >= 0.6 is 0 Å². The lowest BCUT2D eigenvalue weighted by Gasteiger charge is -2.30. The van der Waals surface area contributed by atoms with Crippen molar-refractivity contribution in [3.63, 3.8) is 0 Å². The summed E-state index contributed by atoms with van der Waals surface area (Å²) in [7, 11) is 1.69. The fourth-order valence-corrected chi connectivity index (χ4v) is 2.44. The van der Waals surface area contributed by atoms with Crippen LogP contribution in [0.2, 0.25) is 0 Å². The van der Waals surface area contributed by atoms with E-state index >= 15 is 0 Å². The van der Waals surface area contributed by atoms with Crippen molar-refractivity contribution in [1.82, 2.24) is 14.5 Å². The molecule has 0 bridgehead atoms. The molecule has 116 valence electrons. The van der Waals surface area contributed by atoms with E-state index in [1.807, 2.05) is 0 Å². The summed E-state index contributed by atoms with van der Waals surface area (Å²) >= 11 is 0. The first-order chi connectivity index (χ1) is 10.0. The van der Waals surface area contributed by atoms with Crippen molar-refractivity contribution in [2.24, 2.45) is 7.05 Å². The number of amides is 1. The Morgan fingerprint density at radius 2 is 2.29 bits per heavy atom.